The summed E-state index contributed by atoms with van der Waals surface area (Å²) in [6, 6.07) is 0. The van der Waals surface area contributed by atoms with Crippen molar-refractivity contribution in [3.63, 3.8) is 0 Å². The monoisotopic (exact) mass is 476 g/mol. The smallest absolute Gasteiger partial charge is 0.337 e. The van der Waals surface area contributed by atoms with E-state index in [2.05, 4.69) is 6.58 Å². The van der Waals surface area contributed by atoms with Crippen LogP contribution in [0.2, 0.25) is 0 Å². The molecule has 0 aliphatic carbocycles. The van der Waals surface area contributed by atoms with Gasteiger partial charge in [0.25, 0.3) is 0 Å². The summed E-state index contributed by atoms with van der Waals surface area (Å²) in [5.41, 5.74) is 0.234. The SMILES string of the molecule is C=C[C@H]1[C@H](O[C@@H]2O[C@H](CO)[C@@H](O)[C@H](O)[C@H]2O)OC=C(C(=O)OC)[C@H]1C[C@@H](OC)OCCCC. The van der Waals surface area contributed by atoms with Crippen molar-refractivity contribution in [2.45, 2.75) is 69.5 Å². The molecule has 0 radical (unpaired) electrons. The number of carbonyl (C=O) groups is 1. The molecule has 0 unspecified atom stereocenters. The van der Waals surface area contributed by atoms with Crippen LogP contribution < -0.4 is 0 Å². The molecule has 0 spiro atoms. The first-order valence-electron chi connectivity index (χ1n) is 11.0. The second-order valence-electron chi connectivity index (χ2n) is 7.95. The average Bonchev–Trinajstić information content (AvgIpc) is 2.83. The maximum Gasteiger partial charge on any atom is 0.337 e. The zero-order valence-electron chi connectivity index (χ0n) is 19.2. The van der Waals surface area contributed by atoms with Crippen LogP contribution in [0.3, 0.4) is 0 Å². The number of carbonyl (C=O) groups excluding carboxylic acids is 1. The molecule has 1 saturated heterocycles. The van der Waals surface area contributed by atoms with Crippen LogP contribution in [-0.2, 0) is 33.2 Å². The van der Waals surface area contributed by atoms with Gasteiger partial charge in [0.1, 0.15) is 24.4 Å². The third-order valence-electron chi connectivity index (χ3n) is 5.83. The van der Waals surface area contributed by atoms with E-state index in [1.807, 2.05) is 6.92 Å². The summed E-state index contributed by atoms with van der Waals surface area (Å²) in [5, 5.41) is 39.7. The van der Waals surface area contributed by atoms with Crippen LogP contribution in [0.1, 0.15) is 26.2 Å². The van der Waals surface area contributed by atoms with Gasteiger partial charge in [-0.1, -0.05) is 19.4 Å². The van der Waals surface area contributed by atoms with E-state index in [4.69, 9.17) is 28.4 Å². The Morgan fingerprint density at radius 1 is 1.21 bits per heavy atom. The summed E-state index contributed by atoms with van der Waals surface area (Å²) in [6.45, 7) is 5.76. The fraction of sp³-hybridized carbons (Fsp3) is 0.773. The molecule has 11 nitrogen and oxygen atoms in total. The molecule has 1 fully saturated rings. The van der Waals surface area contributed by atoms with E-state index in [9.17, 15) is 25.2 Å². The highest BCUT2D eigenvalue weighted by molar-refractivity contribution is 5.88. The topological polar surface area (TPSA) is 153 Å². The number of hydrogen-bond donors (Lipinski definition) is 4. The molecule has 190 valence electrons. The lowest BCUT2D eigenvalue weighted by Crippen LogP contribution is -2.60. The van der Waals surface area contributed by atoms with Crippen molar-refractivity contribution in [1.29, 1.82) is 0 Å². The van der Waals surface area contributed by atoms with Gasteiger partial charge < -0.3 is 48.8 Å². The Hall–Kier alpha value is -1.57. The van der Waals surface area contributed by atoms with E-state index in [0.717, 1.165) is 12.8 Å². The first-order valence-corrected chi connectivity index (χ1v) is 11.0. The van der Waals surface area contributed by atoms with Crippen LogP contribution in [0.15, 0.2) is 24.5 Å². The Kier molecular flexibility index (Phi) is 11.2. The number of unbranched alkanes of at least 4 members (excludes halogenated alkanes) is 1. The number of aliphatic hydroxyl groups is 4. The van der Waals surface area contributed by atoms with Gasteiger partial charge in [-0.15, -0.1) is 6.58 Å². The second kappa shape index (κ2) is 13.4. The van der Waals surface area contributed by atoms with Crippen LogP contribution in [0.5, 0.6) is 0 Å². The minimum absolute atomic E-state index is 0.234. The summed E-state index contributed by atoms with van der Waals surface area (Å²) in [6.07, 6.45) is -4.17. The number of aliphatic hydroxyl groups excluding tert-OH is 4. The van der Waals surface area contributed by atoms with Gasteiger partial charge in [-0.05, 0) is 6.42 Å². The van der Waals surface area contributed by atoms with E-state index in [0.29, 0.717) is 6.61 Å². The van der Waals surface area contributed by atoms with Crippen molar-refractivity contribution in [2.75, 3.05) is 27.4 Å². The lowest BCUT2D eigenvalue weighted by molar-refractivity contribution is -0.339. The molecule has 0 amide bonds. The van der Waals surface area contributed by atoms with Crippen molar-refractivity contribution < 1.29 is 53.6 Å². The van der Waals surface area contributed by atoms with Crippen molar-refractivity contribution >= 4 is 5.97 Å². The predicted molar refractivity (Wildman–Crippen MR) is 113 cm³/mol. The van der Waals surface area contributed by atoms with Gasteiger partial charge in [-0.3, -0.25) is 0 Å². The van der Waals surface area contributed by atoms with E-state index in [1.165, 1.54) is 26.6 Å². The zero-order valence-corrected chi connectivity index (χ0v) is 19.2. The number of esters is 1. The minimum atomic E-state index is -1.61. The Morgan fingerprint density at radius 2 is 1.94 bits per heavy atom. The molecule has 0 saturated carbocycles. The molecule has 0 aromatic carbocycles. The highest BCUT2D eigenvalue weighted by Crippen LogP contribution is 2.38. The lowest BCUT2D eigenvalue weighted by Gasteiger charge is -2.43. The van der Waals surface area contributed by atoms with E-state index in [1.54, 1.807) is 0 Å². The summed E-state index contributed by atoms with van der Waals surface area (Å²) < 4.78 is 32.9. The first-order chi connectivity index (χ1) is 15.8. The predicted octanol–water partition coefficient (Wildman–Crippen LogP) is -0.186. The molecule has 2 heterocycles. The molecule has 11 heteroatoms. The molecule has 2 aliphatic rings. The number of methoxy groups -OCH3 is 2. The van der Waals surface area contributed by atoms with E-state index < -0.39 is 67.7 Å². The Bertz CT molecular complexity index is 652. The van der Waals surface area contributed by atoms with Crippen LogP contribution in [0, 0.1) is 11.8 Å². The summed E-state index contributed by atoms with van der Waals surface area (Å²) in [5.74, 6) is -1.75. The lowest BCUT2D eigenvalue weighted by atomic mass is 9.81. The Morgan fingerprint density at radius 3 is 2.52 bits per heavy atom. The molecule has 2 rings (SSSR count). The normalized spacial score (nSPS) is 35.3. The standard InChI is InChI=1S/C22H36O11/c1-5-7-8-30-16(28-3)9-13-12(6-2)21(31-11-14(13)20(27)29-4)33-22-19(26)18(25)17(24)15(10-23)32-22/h6,11-13,15-19,21-26H,2,5,7-10H2,1,3-4H3/t12-,13+,15-,16+,17-,18+,19-,21+,22+/m1/s1. The highest BCUT2D eigenvalue weighted by atomic mass is 16.8. The van der Waals surface area contributed by atoms with Crippen LogP contribution in [-0.4, -0.2) is 97.1 Å². The molecule has 2 aliphatic heterocycles. The van der Waals surface area contributed by atoms with Crippen molar-refractivity contribution in [1.82, 2.24) is 0 Å². The molecular weight excluding hydrogens is 440 g/mol. The molecule has 9 atom stereocenters. The summed E-state index contributed by atoms with van der Waals surface area (Å²) >= 11 is 0. The Labute approximate surface area is 193 Å². The molecule has 0 aromatic heterocycles. The van der Waals surface area contributed by atoms with Gasteiger partial charge >= 0.3 is 5.97 Å². The molecule has 33 heavy (non-hydrogen) atoms. The largest absolute Gasteiger partial charge is 0.471 e. The van der Waals surface area contributed by atoms with Crippen molar-refractivity contribution in [2.24, 2.45) is 11.8 Å². The Balaban J connectivity index is 2.23. The molecular formula is C22H36O11. The van der Waals surface area contributed by atoms with Crippen molar-refractivity contribution in [3.8, 4) is 0 Å². The van der Waals surface area contributed by atoms with E-state index >= 15 is 0 Å². The maximum absolute atomic E-state index is 12.4. The van der Waals surface area contributed by atoms with Gasteiger partial charge in [0, 0.05) is 32.0 Å². The third-order valence-corrected chi connectivity index (χ3v) is 5.83. The minimum Gasteiger partial charge on any atom is -0.471 e. The highest BCUT2D eigenvalue weighted by Gasteiger charge is 2.47. The number of rotatable bonds is 12. The third kappa shape index (κ3) is 6.74. The zero-order chi connectivity index (χ0) is 24.5. The van der Waals surface area contributed by atoms with Gasteiger partial charge in [0.2, 0.25) is 6.29 Å². The number of hydrogen-bond acceptors (Lipinski definition) is 11. The van der Waals surface area contributed by atoms with E-state index in [-0.39, 0.29) is 12.0 Å². The fourth-order valence-corrected chi connectivity index (χ4v) is 3.83. The second-order valence-corrected chi connectivity index (χ2v) is 7.95. The summed E-state index contributed by atoms with van der Waals surface area (Å²) in [4.78, 5) is 12.4. The van der Waals surface area contributed by atoms with Gasteiger partial charge in [-0.25, -0.2) is 4.79 Å². The fourth-order valence-electron chi connectivity index (χ4n) is 3.83. The molecule has 4 N–H and O–H groups in total. The average molecular weight is 477 g/mol. The summed E-state index contributed by atoms with van der Waals surface area (Å²) in [7, 11) is 2.76. The first kappa shape index (κ1) is 27.7. The number of ether oxygens (including phenoxy) is 6. The van der Waals surface area contributed by atoms with Crippen LogP contribution >= 0.6 is 0 Å². The van der Waals surface area contributed by atoms with Gasteiger partial charge in [0.15, 0.2) is 12.6 Å². The quantitative estimate of drug-likeness (QED) is 0.128. The maximum atomic E-state index is 12.4. The molecule has 0 aromatic rings. The van der Waals surface area contributed by atoms with Gasteiger partial charge in [-0.2, -0.15) is 0 Å². The van der Waals surface area contributed by atoms with Crippen LogP contribution in [0.4, 0.5) is 0 Å². The van der Waals surface area contributed by atoms with Gasteiger partial charge in [0.05, 0.1) is 25.6 Å². The molecule has 0 bridgehead atoms. The van der Waals surface area contributed by atoms with Crippen LogP contribution in [0.25, 0.3) is 0 Å². The van der Waals surface area contributed by atoms with Crippen molar-refractivity contribution in [3.05, 3.63) is 24.5 Å².